The van der Waals surface area contributed by atoms with Gasteiger partial charge in [0.2, 0.25) is 0 Å². The summed E-state index contributed by atoms with van der Waals surface area (Å²) in [5.74, 6) is 1.42. The van der Waals surface area contributed by atoms with E-state index in [-0.39, 0.29) is 27.3 Å². The van der Waals surface area contributed by atoms with Crippen LogP contribution in [0.5, 0.6) is 0 Å². The van der Waals surface area contributed by atoms with Crippen molar-refractivity contribution in [1.29, 1.82) is 0 Å². The molecule has 0 saturated carbocycles. The zero-order valence-corrected chi connectivity index (χ0v) is 23.7. The van der Waals surface area contributed by atoms with Crippen LogP contribution in [0, 0.1) is 16.7 Å². The van der Waals surface area contributed by atoms with E-state index < -0.39 is 0 Å². The quantitative estimate of drug-likeness (QED) is 0.439. The molecule has 184 valence electrons. The van der Waals surface area contributed by atoms with Crippen molar-refractivity contribution < 1.29 is 0 Å². The summed E-state index contributed by atoms with van der Waals surface area (Å²) in [5.41, 5.74) is 8.06. The molecule has 0 amide bonds. The van der Waals surface area contributed by atoms with E-state index in [1.807, 2.05) is 0 Å². The predicted octanol–water partition coefficient (Wildman–Crippen LogP) is 8.44. The van der Waals surface area contributed by atoms with Crippen LogP contribution in [-0.4, -0.2) is 16.8 Å². The lowest BCUT2D eigenvalue weighted by Crippen LogP contribution is -2.46. The smallest absolute Gasteiger partial charge is 0.183 e. The Balaban J connectivity index is 1.98. The Bertz CT molecular complexity index is 1060. The maximum absolute atomic E-state index is 5.55. The van der Waals surface area contributed by atoms with E-state index in [4.69, 9.17) is 4.99 Å². The molecule has 2 heterocycles. The van der Waals surface area contributed by atoms with Gasteiger partial charge in [0.25, 0.3) is 0 Å². The maximum Gasteiger partial charge on any atom is 0.183 e. The van der Waals surface area contributed by atoms with E-state index in [1.54, 1.807) is 0 Å². The van der Waals surface area contributed by atoms with Crippen LogP contribution in [0.15, 0.2) is 46.6 Å². The number of fused-ring (bicyclic) bond motifs is 2. The Morgan fingerprint density at radius 2 is 1.47 bits per heavy atom. The SMILES string of the molecule is CCCC1(C)N=C2C(c3ccc(C(C)(C)C)cc3)=C3NC(C)(CCC)C(C)(C)C3=C[C+]2C1(C)C. The summed E-state index contributed by atoms with van der Waals surface area (Å²) >= 11 is 0. The fourth-order valence-electron chi connectivity index (χ4n) is 6.44. The number of rotatable bonds is 5. The highest BCUT2D eigenvalue weighted by atomic mass is 15.1. The maximum atomic E-state index is 5.55. The van der Waals surface area contributed by atoms with Gasteiger partial charge in [-0.1, -0.05) is 59.6 Å². The van der Waals surface area contributed by atoms with Crippen molar-refractivity contribution in [2.75, 3.05) is 0 Å². The van der Waals surface area contributed by atoms with Gasteiger partial charge in [-0.05, 0) is 77.5 Å². The Hall–Kier alpha value is -1.96. The van der Waals surface area contributed by atoms with Gasteiger partial charge in [0.15, 0.2) is 11.4 Å². The number of allylic oxidation sites excluding steroid dienone is 3. The normalized spacial score (nSPS) is 29.4. The third-order valence-electron chi connectivity index (χ3n) is 9.66. The van der Waals surface area contributed by atoms with E-state index in [9.17, 15) is 0 Å². The monoisotopic (exact) mass is 459 g/mol. The van der Waals surface area contributed by atoms with Gasteiger partial charge in [-0.3, -0.25) is 0 Å². The summed E-state index contributed by atoms with van der Waals surface area (Å²) in [6.07, 6.45) is 7.09. The van der Waals surface area contributed by atoms with Gasteiger partial charge in [-0.15, -0.1) is 0 Å². The first-order chi connectivity index (χ1) is 15.6. The van der Waals surface area contributed by atoms with E-state index in [1.165, 1.54) is 46.0 Å². The predicted molar refractivity (Wildman–Crippen MR) is 148 cm³/mol. The van der Waals surface area contributed by atoms with Crippen LogP contribution in [0.4, 0.5) is 0 Å². The lowest BCUT2D eigenvalue weighted by atomic mass is 9.61. The third-order valence-corrected chi connectivity index (χ3v) is 9.66. The molecule has 3 aliphatic rings. The molecule has 0 spiro atoms. The number of hydrogen-bond acceptors (Lipinski definition) is 2. The summed E-state index contributed by atoms with van der Waals surface area (Å²) < 4.78 is 0. The van der Waals surface area contributed by atoms with Gasteiger partial charge in [-0.25, -0.2) is 4.99 Å². The molecule has 34 heavy (non-hydrogen) atoms. The summed E-state index contributed by atoms with van der Waals surface area (Å²) in [5, 5.41) is 4.07. The first-order valence-electron chi connectivity index (χ1n) is 13.5. The molecular formula is C32H47N2+. The second kappa shape index (κ2) is 7.77. The third kappa shape index (κ3) is 3.42. The molecule has 0 aromatic heterocycles. The molecule has 0 bridgehead atoms. The molecule has 2 unspecified atom stereocenters. The van der Waals surface area contributed by atoms with Crippen molar-refractivity contribution in [3.8, 4) is 0 Å². The van der Waals surface area contributed by atoms with Crippen LogP contribution in [0.1, 0.15) is 113 Å². The fourth-order valence-corrected chi connectivity index (χ4v) is 6.44. The van der Waals surface area contributed by atoms with Crippen molar-refractivity contribution in [1.82, 2.24) is 5.32 Å². The molecular weight excluding hydrogens is 412 g/mol. The second-order valence-corrected chi connectivity index (χ2v) is 13.5. The number of nitrogens with zero attached hydrogens (tertiary/aromatic N) is 1. The highest BCUT2D eigenvalue weighted by molar-refractivity contribution is 6.35. The highest BCUT2D eigenvalue weighted by Crippen LogP contribution is 2.60. The van der Waals surface area contributed by atoms with E-state index in [0.717, 1.165) is 19.3 Å². The fraction of sp³-hybridized carbons (Fsp3) is 0.625. The minimum Gasteiger partial charge on any atom is -0.355 e. The van der Waals surface area contributed by atoms with Crippen LogP contribution in [0.2, 0.25) is 0 Å². The molecule has 2 heteroatoms. The Labute approximate surface area is 209 Å². The molecule has 2 atom stereocenters. The highest BCUT2D eigenvalue weighted by Gasteiger charge is 2.64. The number of benzene rings is 1. The molecule has 4 rings (SSSR count). The van der Waals surface area contributed by atoms with Gasteiger partial charge < -0.3 is 5.32 Å². The van der Waals surface area contributed by atoms with Crippen molar-refractivity contribution >= 4 is 11.3 Å². The van der Waals surface area contributed by atoms with Gasteiger partial charge >= 0.3 is 0 Å². The Morgan fingerprint density at radius 1 is 0.882 bits per heavy atom. The summed E-state index contributed by atoms with van der Waals surface area (Å²) in [7, 11) is 0. The summed E-state index contributed by atoms with van der Waals surface area (Å²) in [6, 6.07) is 9.30. The standard InChI is InChI=1S/C32H47N2/c1-12-18-31(10)29(6,7)23-20-24-27(34-32(11,19-13-2)30(24,8)9)25(26(23)33-31)21-14-16-22(17-15-21)28(3,4)5/h14-17,20,33H,12-13,18-19H2,1-11H3/q+1. The average Bonchev–Trinajstić information content (AvgIpc) is 3.04. The molecule has 1 fully saturated rings. The van der Waals surface area contributed by atoms with Gasteiger partial charge in [0.1, 0.15) is 5.57 Å². The lowest BCUT2D eigenvalue weighted by Gasteiger charge is -2.37. The van der Waals surface area contributed by atoms with Crippen molar-refractivity contribution in [3.05, 3.63) is 58.7 Å². The van der Waals surface area contributed by atoms with E-state index in [2.05, 4.69) is 112 Å². The lowest BCUT2D eigenvalue weighted by molar-refractivity contribution is 0.213. The van der Waals surface area contributed by atoms with Crippen LogP contribution < -0.4 is 5.32 Å². The van der Waals surface area contributed by atoms with Gasteiger partial charge in [0, 0.05) is 5.56 Å². The van der Waals surface area contributed by atoms with Crippen LogP contribution in [-0.2, 0) is 5.41 Å². The minimum absolute atomic E-state index is 0.00665. The number of hydrogen-bond donors (Lipinski definition) is 1. The van der Waals surface area contributed by atoms with Crippen molar-refractivity contribution in [2.45, 2.75) is 118 Å². The number of nitrogens with one attached hydrogen (secondary N) is 1. The average molecular weight is 460 g/mol. The van der Waals surface area contributed by atoms with E-state index in [0.29, 0.717) is 0 Å². The van der Waals surface area contributed by atoms with Crippen LogP contribution in [0.25, 0.3) is 5.57 Å². The minimum atomic E-state index is -0.0872. The molecule has 1 aromatic rings. The summed E-state index contributed by atoms with van der Waals surface area (Å²) in [6.45, 7) is 25.9. The van der Waals surface area contributed by atoms with Crippen LogP contribution >= 0.6 is 0 Å². The van der Waals surface area contributed by atoms with Crippen molar-refractivity contribution in [2.24, 2.45) is 15.8 Å². The van der Waals surface area contributed by atoms with Crippen LogP contribution in [0.3, 0.4) is 0 Å². The zero-order valence-electron chi connectivity index (χ0n) is 23.7. The second-order valence-electron chi connectivity index (χ2n) is 13.5. The molecule has 1 saturated heterocycles. The Morgan fingerprint density at radius 3 is 2.00 bits per heavy atom. The van der Waals surface area contributed by atoms with Gasteiger partial charge in [-0.2, -0.15) is 0 Å². The molecule has 2 aliphatic heterocycles. The zero-order chi connectivity index (χ0) is 25.3. The topological polar surface area (TPSA) is 24.4 Å². The molecule has 2 nitrogen and oxygen atoms in total. The molecule has 1 aromatic carbocycles. The Kier molecular flexibility index (Phi) is 5.75. The molecule has 0 radical (unpaired) electrons. The first-order valence-corrected chi connectivity index (χ1v) is 13.5. The molecule has 1 N–H and O–H groups in total. The molecule has 1 aliphatic carbocycles. The van der Waals surface area contributed by atoms with Crippen molar-refractivity contribution in [3.63, 3.8) is 0 Å². The van der Waals surface area contributed by atoms with Gasteiger partial charge in [0.05, 0.1) is 39.5 Å². The number of aliphatic imine (C=N–C) groups is 1. The summed E-state index contributed by atoms with van der Waals surface area (Å²) in [4.78, 5) is 5.55. The first kappa shape index (κ1) is 25.1. The van der Waals surface area contributed by atoms with E-state index >= 15 is 0 Å². The largest absolute Gasteiger partial charge is 0.355 e.